The van der Waals surface area contributed by atoms with Gasteiger partial charge in [-0.3, -0.25) is 4.79 Å². The monoisotopic (exact) mass is 331 g/mol. The number of carbonyl (C=O) groups is 1. The van der Waals surface area contributed by atoms with E-state index in [9.17, 15) is 4.79 Å². The fourth-order valence-electron chi connectivity index (χ4n) is 1.96. The molecule has 0 atom stereocenters. The fraction of sp³-hybridized carbons (Fsp3) is 0.294. The molecule has 0 bridgehead atoms. The molecule has 2 aromatic rings. The zero-order chi connectivity index (χ0) is 17.2. The van der Waals surface area contributed by atoms with Crippen molar-refractivity contribution in [2.45, 2.75) is 0 Å². The van der Waals surface area contributed by atoms with Crippen molar-refractivity contribution < 1.29 is 19.4 Å². The number of nitrogens with one attached hydrogen (secondary N) is 2. The second kappa shape index (κ2) is 9.49. The maximum absolute atomic E-state index is 12.2. The van der Waals surface area contributed by atoms with Gasteiger partial charge in [-0.05, 0) is 30.3 Å². The first-order chi connectivity index (χ1) is 11.7. The van der Waals surface area contributed by atoms with Crippen molar-refractivity contribution in [3.8, 4) is 5.75 Å². The molecular weight excluding hydrogens is 310 g/mol. The van der Waals surface area contributed by atoms with Gasteiger partial charge in [0.1, 0.15) is 11.6 Å². The molecule has 0 aliphatic rings. The van der Waals surface area contributed by atoms with Gasteiger partial charge >= 0.3 is 0 Å². The Hall–Kier alpha value is -2.64. The van der Waals surface area contributed by atoms with E-state index in [1.165, 1.54) is 0 Å². The van der Waals surface area contributed by atoms with Crippen molar-refractivity contribution in [3.63, 3.8) is 0 Å². The van der Waals surface area contributed by atoms with Gasteiger partial charge in [0.25, 0.3) is 5.91 Å². The number of carbonyl (C=O) groups excluding carboxylic acids is 1. The molecule has 1 heterocycles. The Morgan fingerprint density at radius 1 is 1.25 bits per heavy atom. The predicted molar refractivity (Wildman–Crippen MR) is 91.6 cm³/mol. The number of benzene rings is 1. The van der Waals surface area contributed by atoms with E-state index in [4.69, 9.17) is 14.6 Å². The topological polar surface area (TPSA) is 92.7 Å². The normalized spacial score (nSPS) is 10.2. The van der Waals surface area contributed by atoms with Gasteiger partial charge in [-0.1, -0.05) is 6.07 Å². The Balaban J connectivity index is 1.85. The number of ether oxygens (including phenoxy) is 2. The van der Waals surface area contributed by atoms with Crippen molar-refractivity contribution in [1.29, 1.82) is 0 Å². The van der Waals surface area contributed by atoms with Gasteiger partial charge < -0.3 is 25.2 Å². The molecule has 0 spiro atoms. The maximum atomic E-state index is 12.2. The third kappa shape index (κ3) is 5.53. The van der Waals surface area contributed by atoms with E-state index < -0.39 is 0 Å². The standard InChI is InChI=1S/C17H21N3O4/c1-23-15-4-2-3-13(11-15)17(22)20-14-5-6-16(19-12-14)18-7-9-24-10-8-21/h2-6,11-12,21H,7-10H2,1H3,(H,18,19)(H,20,22). The van der Waals surface area contributed by atoms with E-state index >= 15 is 0 Å². The number of hydrogen-bond donors (Lipinski definition) is 3. The Labute approximate surface area is 140 Å². The van der Waals surface area contributed by atoms with E-state index in [0.29, 0.717) is 42.6 Å². The lowest BCUT2D eigenvalue weighted by Gasteiger charge is -2.08. The van der Waals surface area contributed by atoms with Crippen LogP contribution in [0, 0.1) is 0 Å². The number of amides is 1. The van der Waals surface area contributed by atoms with Gasteiger partial charge in [-0.15, -0.1) is 0 Å². The molecule has 24 heavy (non-hydrogen) atoms. The molecule has 0 fully saturated rings. The zero-order valence-corrected chi connectivity index (χ0v) is 13.5. The number of aliphatic hydroxyl groups is 1. The Bertz CT molecular complexity index is 647. The lowest BCUT2D eigenvalue weighted by molar-refractivity contribution is 0.0992. The second-order valence-corrected chi connectivity index (χ2v) is 4.88. The van der Waals surface area contributed by atoms with Gasteiger partial charge in [0.15, 0.2) is 0 Å². The Morgan fingerprint density at radius 2 is 2.12 bits per heavy atom. The molecule has 1 amide bonds. The van der Waals surface area contributed by atoms with Gasteiger partial charge in [-0.2, -0.15) is 0 Å². The average Bonchev–Trinajstić information content (AvgIpc) is 2.63. The number of hydrogen-bond acceptors (Lipinski definition) is 6. The van der Waals surface area contributed by atoms with Gasteiger partial charge in [0, 0.05) is 12.1 Å². The van der Waals surface area contributed by atoms with Crippen LogP contribution in [0.2, 0.25) is 0 Å². The molecule has 0 saturated carbocycles. The quantitative estimate of drug-likeness (QED) is 0.606. The lowest BCUT2D eigenvalue weighted by Crippen LogP contribution is -2.13. The van der Waals surface area contributed by atoms with Crippen molar-refractivity contribution in [2.24, 2.45) is 0 Å². The summed E-state index contributed by atoms with van der Waals surface area (Å²) in [5.74, 6) is 1.08. The number of aromatic nitrogens is 1. The molecule has 0 unspecified atom stereocenters. The Morgan fingerprint density at radius 3 is 2.83 bits per heavy atom. The van der Waals surface area contributed by atoms with Gasteiger partial charge in [0.05, 0.1) is 38.8 Å². The summed E-state index contributed by atoms with van der Waals surface area (Å²) in [5.41, 5.74) is 1.11. The third-order valence-electron chi connectivity index (χ3n) is 3.14. The summed E-state index contributed by atoms with van der Waals surface area (Å²) in [5, 5.41) is 14.5. The number of nitrogens with zero attached hydrogens (tertiary/aromatic N) is 1. The molecule has 7 heteroatoms. The first-order valence-corrected chi connectivity index (χ1v) is 7.57. The molecule has 0 radical (unpaired) electrons. The van der Waals surface area contributed by atoms with Crippen LogP contribution in [0.25, 0.3) is 0 Å². The summed E-state index contributed by atoms with van der Waals surface area (Å²) >= 11 is 0. The van der Waals surface area contributed by atoms with E-state index in [-0.39, 0.29) is 12.5 Å². The maximum Gasteiger partial charge on any atom is 0.255 e. The molecule has 128 valence electrons. The van der Waals surface area contributed by atoms with E-state index in [1.54, 1.807) is 49.7 Å². The molecule has 7 nitrogen and oxygen atoms in total. The minimum absolute atomic E-state index is 0.0138. The average molecular weight is 331 g/mol. The molecule has 1 aromatic carbocycles. The minimum Gasteiger partial charge on any atom is -0.497 e. The molecule has 0 saturated heterocycles. The van der Waals surface area contributed by atoms with Crippen LogP contribution in [0.15, 0.2) is 42.6 Å². The third-order valence-corrected chi connectivity index (χ3v) is 3.14. The number of rotatable bonds is 9. The Kier molecular flexibility index (Phi) is 7.00. The van der Waals surface area contributed by atoms with E-state index in [0.717, 1.165) is 0 Å². The van der Waals surface area contributed by atoms with E-state index in [1.807, 2.05) is 0 Å². The molecule has 0 aliphatic carbocycles. The van der Waals surface area contributed by atoms with Crippen LogP contribution in [0.5, 0.6) is 5.75 Å². The SMILES string of the molecule is COc1cccc(C(=O)Nc2ccc(NCCOCCO)nc2)c1. The summed E-state index contributed by atoms with van der Waals surface area (Å²) in [6, 6.07) is 10.5. The molecule has 2 rings (SSSR count). The van der Waals surface area contributed by atoms with Crippen LogP contribution in [-0.4, -0.2) is 49.5 Å². The van der Waals surface area contributed by atoms with Gasteiger partial charge in [0.2, 0.25) is 0 Å². The van der Waals surface area contributed by atoms with Crippen molar-refractivity contribution >= 4 is 17.4 Å². The number of aliphatic hydroxyl groups excluding tert-OH is 1. The molecule has 3 N–H and O–H groups in total. The lowest BCUT2D eigenvalue weighted by atomic mass is 10.2. The first-order valence-electron chi connectivity index (χ1n) is 7.57. The molecule has 1 aromatic heterocycles. The molecular formula is C17H21N3O4. The highest BCUT2D eigenvalue weighted by Gasteiger charge is 2.07. The number of anilines is 2. The smallest absolute Gasteiger partial charge is 0.255 e. The number of pyridine rings is 1. The number of methoxy groups -OCH3 is 1. The fourth-order valence-corrected chi connectivity index (χ4v) is 1.96. The van der Waals surface area contributed by atoms with Crippen molar-refractivity contribution in [1.82, 2.24) is 4.98 Å². The summed E-state index contributed by atoms with van der Waals surface area (Å²) in [4.78, 5) is 16.4. The van der Waals surface area contributed by atoms with Crippen LogP contribution in [0.1, 0.15) is 10.4 Å². The highest BCUT2D eigenvalue weighted by Crippen LogP contribution is 2.15. The summed E-state index contributed by atoms with van der Waals surface area (Å²) in [6.07, 6.45) is 1.58. The predicted octanol–water partition coefficient (Wildman–Crippen LogP) is 1.76. The first kappa shape index (κ1) is 17.7. The highest BCUT2D eigenvalue weighted by molar-refractivity contribution is 6.04. The zero-order valence-electron chi connectivity index (χ0n) is 13.5. The van der Waals surface area contributed by atoms with Crippen LogP contribution < -0.4 is 15.4 Å². The van der Waals surface area contributed by atoms with Crippen LogP contribution in [0.3, 0.4) is 0 Å². The van der Waals surface area contributed by atoms with Gasteiger partial charge in [-0.25, -0.2) is 4.98 Å². The largest absolute Gasteiger partial charge is 0.497 e. The summed E-state index contributed by atoms with van der Waals surface area (Å²) < 4.78 is 10.2. The van der Waals surface area contributed by atoms with E-state index in [2.05, 4.69) is 15.6 Å². The van der Waals surface area contributed by atoms with Crippen molar-refractivity contribution in [3.05, 3.63) is 48.2 Å². The highest BCUT2D eigenvalue weighted by atomic mass is 16.5. The molecule has 0 aliphatic heterocycles. The van der Waals surface area contributed by atoms with Crippen LogP contribution in [0.4, 0.5) is 11.5 Å². The van der Waals surface area contributed by atoms with Crippen LogP contribution >= 0.6 is 0 Å². The van der Waals surface area contributed by atoms with Crippen molar-refractivity contribution in [2.75, 3.05) is 44.1 Å². The minimum atomic E-state index is -0.228. The second-order valence-electron chi connectivity index (χ2n) is 4.88. The summed E-state index contributed by atoms with van der Waals surface area (Å²) in [7, 11) is 1.56. The summed E-state index contributed by atoms with van der Waals surface area (Å²) in [6.45, 7) is 1.41. The van der Waals surface area contributed by atoms with Crippen LogP contribution in [-0.2, 0) is 4.74 Å².